The summed E-state index contributed by atoms with van der Waals surface area (Å²) in [5, 5.41) is 12.7. The molecular formula is C30H29N3O3S. The molecule has 37 heavy (non-hydrogen) atoms. The van der Waals surface area contributed by atoms with Crippen LogP contribution in [0.5, 0.6) is 5.75 Å². The van der Waals surface area contributed by atoms with Gasteiger partial charge in [0.15, 0.2) is 0 Å². The first-order valence-corrected chi connectivity index (χ1v) is 13.2. The summed E-state index contributed by atoms with van der Waals surface area (Å²) in [4.78, 5) is 28.3. The van der Waals surface area contributed by atoms with Crippen molar-refractivity contribution in [3.05, 3.63) is 106 Å². The Kier molecular flexibility index (Phi) is 8.65. The van der Waals surface area contributed by atoms with Gasteiger partial charge in [0.25, 0.3) is 5.91 Å². The molecule has 0 aliphatic carbocycles. The van der Waals surface area contributed by atoms with Crippen LogP contribution in [0.4, 0.5) is 5.69 Å². The molecule has 1 saturated heterocycles. The highest BCUT2D eigenvalue weighted by Crippen LogP contribution is 2.42. The quantitative estimate of drug-likeness (QED) is 0.308. The van der Waals surface area contributed by atoms with Gasteiger partial charge in [0.1, 0.15) is 22.4 Å². The van der Waals surface area contributed by atoms with Crippen molar-refractivity contribution in [3.63, 3.8) is 0 Å². The van der Waals surface area contributed by atoms with Crippen molar-refractivity contribution in [2.75, 3.05) is 11.5 Å². The maximum absolute atomic E-state index is 13.7. The van der Waals surface area contributed by atoms with Gasteiger partial charge in [0.2, 0.25) is 5.91 Å². The number of thioether (sulfide) groups is 1. The minimum atomic E-state index is -0.509. The van der Waals surface area contributed by atoms with Crippen molar-refractivity contribution in [3.8, 4) is 11.8 Å². The standard InChI is InChI=1S/C30H29N3O3S/c1-3-21-10-12-22(13-11-21)18-27-29(35)33(24-14-16-25(17-15-24)36-4-2)30(37-27)26(19-31)28(34)32-20-23-8-6-5-7-9-23/h5-17,27H,3-4,18,20H2,1-2H3,(H,32,34)/b30-26-. The van der Waals surface area contributed by atoms with Gasteiger partial charge >= 0.3 is 0 Å². The van der Waals surface area contributed by atoms with Gasteiger partial charge in [-0.2, -0.15) is 5.26 Å². The Bertz CT molecular complexity index is 1310. The Hall–Kier alpha value is -4.02. The molecule has 1 atom stereocenters. The number of carbonyl (C=O) groups is 2. The molecule has 0 spiro atoms. The van der Waals surface area contributed by atoms with Gasteiger partial charge in [0.05, 0.1) is 11.9 Å². The molecule has 0 radical (unpaired) electrons. The highest BCUT2D eigenvalue weighted by Gasteiger charge is 2.40. The van der Waals surface area contributed by atoms with Gasteiger partial charge in [-0.3, -0.25) is 14.5 Å². The van der Waals surface area contributed by atoms with E-state index in [1.807, 2.05) is 49.4 Å². The molecule has 4 rings (SSSR count). The summed E-state index contributed by atoms with van der Waals surface area (Å²) in [6.07, 6.45) is 1.44. The van der Waals surface area contributed by atoms with Crippen LogP contribution >= 0.6 is 11.8 Å². The highest BCUT2D eigenvalue weighted by molar-refractivity contribution is 8.05. The normalized spacial score (nSPS) is 16.3. The molecule has 1 aliphatic heterocycles. The lowest BCUT2D eigenvalue weighted by Crippen LogP contribution is -2.32. The van der Waals surface area contributed by atoms with E-state index in [-0.39, 0.29) is 18.0 Å². The van der Waals surface area contributed by atoms with E-state index in [0.29, 0.717) is 29.5 Å². The molecule has 7 heteroatoms. The molecule has 1 N–H and O–H groups in total. The van der Waals surface area contributed by atoms with Crippen LogP contribution in [0.2, 0.25) is 0 Å². The van der Waals surface area contributed by atoms with Crippen molar-refractivity contribution in [2.24, 2.45) is 0 Å². The molecule has 2 amide bonds. The number of ether oxygens (including phenoxy) is 1. The van der Waals surface area contributed by atoms with Crippen molar-refractivity contribution in [2.45, 2.75) is 38.5 Å². The zero-order chi connectivity index (χ0) is 26.2. The number of hydrogen-bond acceptors (Lipinski definition) is 5. The number of nitrogens with zero attached hydrogens (tertiary/aromatic N) is 2. The van der Waals surface area contributed by atoms with Crippen molar-refractivity contribution < 1.29 is 14.3 Å². The van der Waals surface area contributed by atoms with Crippen LogP contribution in [0.25, 0.3) is 0 Å². The lowest BCUT2D eigenvalue weighted by molar-refractivity contribution is -0.117. The number of rotatable bonds is 9. The maximum Gasteiger partial charge on any atom is 0.264 e. The Morgan fingerprint density at radius 2 is 1.65 bits per heavy atom. The lowest BCUT2D eigenvalue weighted by Gasteiger charge is -2.19. The summed E-state index contributed by atoms with van der Waals surface area (Å²) in [6, 6.07) is 26.9. The fourth-order valence-corrected chi connectivity index (χ4v) is 5.38. The number of anilines is 1. The summed E-state index contributed by atoms with van der Waals surface area (Å²) < 4.78 is 5.54. The third kappa shape index (κ3) is 6.22. The van der Waals surface area contributed by atoms with Gasteiger partial charge in [-0.15, -0.1) is 0 Å². The third-order valence-corrected chi connectivity index (χ3v) is 7.32. The summed E-state index contributed by atoms with van der Waals surface area (Å²) in [5.74, 6) is 0.0163. The van der Waals surface area contributed by atoms with E-state index < -0.39 is 11.2 Å². The number of aryl methyl sites for hydroxylation is 1. The zero-order valence-electron chi connectivity index (χ0n) is 20.9. The molecule has 188 valence electrons. The van der Waals surface area contributed by atoms with Crippen LogP contribution in [-0.2, 0) is 29.0 Å². The number of nitriles is 1. The van der Waals surface area contributed by atoms with Crippen LogP contribution in [0.15, 0.2) is 89.5 Å². The third-order valence-electron chi connectivity index (χ3n) is 6.06. The molecule has 3 aromatic rings. The molecule has 0 saturated carbocycles. The average molecular weight is 512 g/mol. The molecule has 1 fully saturated rings. The fourth-order valence-electron chi connectivity index (χ4n) is 4.07. The number of hydrogen-bond donors (Lipinski definition) is 1. The van der Waals surface area contributed by atoms with E-state index in [9.17, 15) is 14.9 Å². The fraction of sp³-hybridized carbons (Fsp3) is 0.233. The minimum Gasteiger partial charge on any atom is -0.494 e. The second-order valence-electron chi connectivity index (χ2n) is 8.54. The van der Waals surface area contributed by atoms with E-state index in [1.165, 1.54) is 22.2 Å². The van der Waals surface area contributed by atoms with Crippen LogP contribution in [-0.4, -0.2) is 23.7 Å². The van der Waals surface area contributed by atoms with Gasteiger partial charge in [-0.25, -0.2) is 0 Å². The summed E-state index contributed by atoms with van der Waals surface area (Å²) in [6.45, 7) is 4.82. The summed E-state index contributed by atoms with van der Waals surface area (Å²) >= 11 is 1.27. The van der Waals surface area contributed by atoms with E-state index in [0.717, 1.165) is 17.5 Å². The smallest absolute Gasteiger partial charge is 0.264 e. The summed E-state index contributed by atoms with van der Waals surface area (Å²) in [5.41, 5.74) is 3.69. The number of carbonyl (C=O) groups excluding carboxylic acids is 2. The first-order valence-electron chi connectivity index (χ1n) is 12.3. The van der Waals surface area contributed by atoms with E-state index >= 15 is 0 Å². The van der Waals surface area contributed by atoms with Gasteiger partial charge < -0.3 is 10.1 Å². The monoisotopic (exact) mass is 511 g/mol. The number of nitrogens with one attached hydrogen (secondary N) is 1. The molecule has 0 aromatic heterocycles. The molecule has 3 aromatic carbocycles. The molecule has 1 aliphatic rings. The Labute approximate surface area is 221 Å². The molecule has 0 bridgehead atoms. The minimum absolute atomic E-state index is 0.0769. The second kappa shape index (κ2) is 12.3. The lowest BCUT2D eigenvalue weighted by atomic mass is 10.1. The van der Waals surface area contributed by atoms with Crippen LogP contribution in [0.1, 0.15) is 30.5 Å². The van der Waals surface area contributed by atoms with Gasteiger partial charge in [0, 0.05) is 12.2 Å². The Balaban J connectivity index is 1.65. The van der Waals surface area contributed by atoms with Crippen LogP contribution < -0.4 is 15.0 Å². The van der Waals surface area contributed by atoms with Crippen molar-refractivity contribution >= 4 is 29.3 Å². The van der Waals surface area contributed by atoms with Gasteiger partial charge in [-0.05, 0) is 60.7 Å². The predicted molar refractivity (Wildman–Crippen MR) is 147 cm³/mol. The van der Waals surface area contributed by atoms with Gasteiger partial charge in [-0.1, -0.05) is 73.3 Å². The first-order chi connectivity index (χ1) is 18.0. The Morgan fingerprint density at radius 3 is 2.27 bits per heavy atom. The highest BCUT2D eigenvalue weighted by atomic mass is 32.2. The Morgan fingerprint density at radius 1 is 0.973 bits per heavy atom. The SMILES string of the molecule is CCOc1ccc(N2C(=O)C(Cc3ccc(CC)cc3)S/C2=C(/C#N)C(=O)NCc2ccccc2)cc1. The maximum atomic E-state index is 13.7. The van der Waals surface area contributed by atoms with Crippen molar-refractivity contribution in [1.29, 1.82) is 5.26 Å². The van der Waals surface area contributed by atoms with Crippen LogP contribution in [0, 0.1) is 11.3 Å². The second-order valence-corrected chi connectivity index (χ2v) is 9.73. The predicted octanol–water partition coefficient (Wildman–Crippen LogP) is 5.39. The van der Waals surface area contributed by atoms with Crippen molar-refractivity contribution in [1.82, 2.24) is 5.32 Å². The molecule has 1 unspecified atom stereocenters. The molecular weight excluding hydrogens is 482 g/mol. The zero-order valence-corrected chi connectivity index (χ0v) is 21.8. The topological polar surface area (TPSA) is 82.4 Å². The molecule has 6 nitrogen and oxygen atoms in total. The van der Waals surface area contributed by atoms with Crippen LogP contribution in [0.3, 0.4) is 0 Å². The van der Waals surface area contributed by atoms with E-state index in [1.54, 1.807) is 24.3 Å². The largest absolute Gasteiger partial charge is 0.494 e. The number of amides is 2. The molecule has 1 heterocycles. The number of benzene rings is 3. The van der Waals surface area contributed by atoms with E-state index in [2.05, 4.69) is 30.4 Å². The summed E-state index contributed by atoms with van der Waals surface area (Å²) in [7, 11) is 0. The first kappa shape index (κ1) is 26.1. The van der Waals surface area contributed by atoms with E-state index in [4.69, 9.17) is 4.74 Å². The average Bonchev–Trinajstić information content (AvgIpc) is 3.24.